The molecule has 2 aromatic heterocycles. The summed E-state index contributed by atoms with van der Waals surface area (Å²) in [6, 6.07) is -0.0798. The molecule has 1 atom stereocenters. The van der Waals surface area contributed by atoms with Crippen molar-refractivity contribution in [2.45, 2.75) is 39.7 Å². The molecule has 0 fully saturated rings. The van der Waals surface area contributed by atoms with Gasteiger partial charge in [-0.25, -0.2) is 4.98 Å². The van der Waals surface area contributed by atoms with Gasteiger partial charge in [0.05, 0.1) is 27.1 Å². The van der Waals surface area contributed by atoms with Crippen molar-refractivity contribution in [3.63, 3.8) is 0 Å². The maximum Gasteiger partial charge on any atom is 0.0900 e. The van der Waals surface area contributed by atoms with Crippen LogP contribution >= 0.6 is 22.9 Å². The van der Waals surface area contributed by atoms with Gasteiger partial charge in [0.15, 0.2) is 0 Å². The first-order chi connectivity index (χ1) is 8.93. The van der Waals surface area contributed by atoms with Crippen molar-refractivity contribution >= 4 is 22.9 Å². The number of aryl methyl sites for hydroxylation is 4. The number of thiazole rings is 1. The molecule has 0 aliphatic carbocycles. The third kappa shape index (κ3) is 2.83. The molecule has 19 heavy (non-hydrogen) atoms. The van der Waals surface area contributed by atoms with Crippen LogP contribution in [0.5, 0.6) is 0 Å². The Morgan fingerprint density at radius 1 is 1.42 bits per heavy atom. The van der Waals surface area contributed by atoms with E-state index in [9.17, 15) is 0 Å². The monoisotopic (exact) mass is 298 g/mol. The van der Waals surface area contributed by atoms with Gasteiger partial charge in [0.2, 0.25) is 0 Å². The highest BCUT2D eigenvalue weighted by molar-refractivity contribution is 7.11. The Kier molecular flexibility index (Phi) is 4.28. The van der Waals surface area contributed by atoms with Crippen molar-refractivity contribution in [2.75, 3.05) is 0 Å². The van der Waals surface area contributed by atoms with Gasteiger partial charge in [-0.2, -0.15) is 5.10 Å². The molecular weight excluding hydrogens is 280 g/mol. The van der Waals surface area contributed by atoms with Gasteiger partial charge in [-0.15, -0.1) is 11.3 Å². The Balaban J connectivity index is 2.26. The topological polar surface area (TPSA) is 56.7 Å². The number of halogens is 1. The number of hydrogen-bond donors (Lipinski definition) is 1. The summed E-state index contributed by atoms with van der Waals surface area (Å²) in [4.78, 5) is 5.56. The summed E-state index contributed by atoms with van der Waals surface area (Å²) >= 11 is 8.01. The van der Waals surface area contributed by atoms with Crippen molar-refractivity contribution in [3.8, 4) is 0 Å². The Morgan fingerprint density at radius 2 is 2.11 bits per heavy atom. The first-order valence-electron chi connectivity index (χ1n) is 6.33. The first-order valence-corrected chi connectivity index (χ1v) is 7.53. The van der Waals surface area contributed by atoms with E-state index < -0.39 is 0 Å². The molecular formula is C13H19ClN4S. The van der Waals surface area contributed by atoms with Crippen LogP contribution in [-0.4, -0.2) is 14.8 Å². The highest BCUT2D eigenvalue weighted by atomic mass is 35.5. The molecule has 0 aromatic carbocycles. The van der Waals surface area contributed by atoms with E-state index in [0.29, 0.717) is 6.42 Å². The van der Waals surface area contributed by atoms with E-state index in [4.69, 9.17) is 17.3 Å². The fourth-order valence-corrected chi connectivity index (χ4v) is 3.53. The summed E-state index contributed by atoms with van der Waals surface area (Å²) in [7, 11) is 1.91. The lowest BCUT2D eigenvalue weighted by molar-refractivity contribution is 0.641. The maximum atomic E-state index is 6.36. The summed E-state index contributed by atoms with van der Waals surface area (Å²) in [6.45, 7) is 6.05. The van der Waals surface area contributed by atoms with Gasteiger partial charge in [0.25, 0.3) is 0 Å². The summed E-state index contributed by atoms with van der Waals surface area (Å²) < 4.78 is 1.84. The molecule has 0 amide bonds. The van der Waals surface area contributed by atoms with E-state index in [0.717, 1.165) is 38.4 Å². The summed E-state index contributed by atoms with van der Waals surface area (Å²) in [6.07, 6.45) is 1.52. The molecule has 0 saturated carbocycles. The molecule has 2 heterocycles. The number of nitrogens with zero attached hydrogens (tertiary/aromatic N) is 3. The molecule has 0 aliphatic rings. The second-order valence-electron chi connectivity index (χ2n) is 4.68. The van der Waals surface area contributed by atoms with Crippen molar-refractivity contribution in [2.24, 2.45) is 12.8 Å². The van der Waals surface area contributed by atoms with Crippen LogP contribution in [0.4, 0.5) is 0 Å². The molecule has 2 aromatic rings. The average Bonchev–Trinajstić information content (AvgIpc) is 2.82. The van der Waals surface area contributed by atoms with Crippen LogP contribution in [0.25, 0.3) is 0 Å². The zero-order valence-electron chi connectivity index (χ0n) is 11.7. The smallest absolute Gasteiger partial charge is 0.0900 e. The highest BCUT2D eigenvalue weighted by Gasteiger charge is 2.19. The van der Waals surface area contributed by atoms with E-state index in [-0.39, 0.29) is 6.04 Å². The van der Waals surface area contributed by atoms with Gasteiger partial charge in [0, 0.05) is 24.4 Å². The summed E-state index contributed by atoms with van der Waals surface area (Å²) in [5, 5.41) is 6.22. The zero-order chi connectivity index (χ0) is 14.2. The largest absolute Gasteiger partial charge is 0.323 e. The molecule has 0 saturated heterocycles. The van der Waals surface area contributed by atoms with Gasteiger partial charge < -0.3 is 5.73 Å². The fraction of sp³-hybridized carbons (Fsp3) is 0.538. The lowest BCUT2D eigenvalue weighted by Crippen LogP contribution is -2.15. The lowest BCUT2D eigenvalue weighted by Gasteiger charge is -2.11. The molecule has 2 N–H and O–H groups in total. The summed E-state index contributed by atoms with van der Waals surface area (Å²) in [5.41, 5.74) is 9.25. The standard InChI is InChI=1S/C13H19ClN4S/c1-5-10-12(14)11(18(4)17-10)6-9(15)13-7(2)16-8(3)19-13/h9H,5-6,15H2,1-4H3. The molecule has 0 radical (unpaired) electrons. The zero-order valence-corrected chi connectivity index (χ0v) is 13.3. The molecule has 104 valence electrons. The molecule has 0 spiro atoms. The van der Waals surface area contributed by atoms with Crippen LogP contribution in [-0.2, 0) is 19.9 Å². The van der Waals surface area contributed by atoms with Gasteiger partial charge in [-0.05, 0) is 20.3 Å². The molecule has 6 heteroatoms. The highest BCUT2D eigenvalue weighted by Crippen LogP contribution is 2.29. The van der Waals surface area contributed by atoms with Crippen LogP contribution in [0.2, 0.25) is 5.02 Å². The van der Waals surface area contributed by atoms with E-state index >= 15 is 0 Å². The van der Waals surface area contributed by atoms with Crippen LogP contribution in [0, 0.1) is 13.8 Å². The molecule has 0 aliphatic heterocycles. The molecule has 1 unspecified atom stereocenters. The maximum absolute atomic E-state index is 6.36. The minimum absolute atomic E-state index is 0.0798. The van der Waals surface area contributed by atoms with E-state index in [1.54, 1.807) is 11.3 Å². The number of nitrogens with two attached hydrogens (primary N) is 1. The predicted octanol–water partition coefficient (Wildman–Crippen LogP) is 2.95. The predicted molar refractivity (Wildman–Crippen MR) is 79.8 cm³/mol. The summed E-state index contributed by atoms with van der Waals surface area (Å²) in [5.74, 6) is 0. The van der Waals surface area contributed by atoms with Crippen LogP contribution in [0.1, 0.15) is 39.9 Å². The lowest BCUT2D eigenvalue weighted by atomic mass is 10.1. The SMILES string of the molecule is CCc1nn(C)c(CC(N)c2sc(C)nc2C)c1Cl. The van der Waals surface area contributed by atoms with Crippen LogP contribution in [0.3, 0.4) is 0 Å². The van der Waals surface area contributed by atoms with Gasteiger partial charge in [-0.1, -0.05) is 18.5 Å². The number of hydrogen-bond acceptors (Lipinski definition) is 4. The molecule has 2 rings (SSSR count). The molecule has 4 nitrogen and oxygen atoms in total. The quantitative estimate of drug-likeness (QED) is 0.944. The van der Waals surface area contributed by atoms with E-state index in [2.05, 4.69) is 17.0 Å². The average molecular weight is 299 g/mol. The van der Waals surface area contributed by atoms with Gasteiger partial charge in [-0.3, -0.25) is 4.68 Å². The Morgan fingerprint density at radius 3 is 2.58 bits per heavy atom. The Labute approximate surface area is 122 Å². The van der Waals surface area contributed by atoms with Crippen molar-refractivity contribution in [3.05, 3.63) is 32.0 Å². The van der Waals surface area contributed by atoms with Crippen molar-refractivity contribution in [1.29, 1.82) is 0 Å². The number of rotatable bonds is 4. The second kappa shape index (κ2) is 5.61. The van der Waals surface area contributed by atoms with Crippen molar-refractivity contribution in [1.82, 2.24) is 14.8 Å². The first kappa shape index (κ1) is 14.5. The van der Waals surface area contributed by atoms with Crippen LogP contribution < -0.4 is 5.73 Å². The number of aromatic nitrogens is 3. The Bertz CT molecular complexity index is 588. The van der Waals surface area contributed by atoms with Crippen molar-refractivity contribution < 1.29 is 0 Å². The second-order valence-corrected chi connectivity index (χ2v) is 6.29. The minimum atomic E-state index is -0.0798. The van der Waals surface area contributed by atoms with Crippen LogP contribution in [0.15, 0.2) is 0 Å². The van der Waals surface area contributed by atoms with E-state index in [1.165, 1.54) is 0 Å². The Hall–Kier alpha value is -0.910. The normalized spacial score (nSPS) is 12.9. The fourth-order valence-electron chi connectivity index (χ4n) is 2.23. The van der Waals surface area contributed by atoms with Gasteiger partial charge in [0.1, 0.15) is 0 Å². The third-order valence-electron chi connectivity index (χ3n) is 3.19. The molecule has 0 bridgehead atoms. The van der Waals surface area contributed by atoms with E-state index in [1.807, 2.05) is 25.6 Å². The third-order valence-corrected chi connectivity index (χ3v) is 4.83. The van der Waals surface area contributed by atoms with Gasteiger partial charge >= 0.3 is 0 Å². The minimum Gasteiger partial charge on any atom is -0.323 e.